The minimum Gasteiger partial charge on any atom is -0.444 e. The number of alkyl carbamates (subject to hydrolysis) is 1. The SMILES string of the molecule is C[C@H]1N=C(NC(=O)OCc2ccccc2)N(OCc2ccccc2)[C@H](O)[C@H]1O[Si](C)(C)C(C)(C)C. The molecule has 2 aromatic carbocycles. The van der Waals surface area contributed by atoms with E-state index in [1.807, 2.05) is 67.6 Å². The predicted molar refractivity (Wildman–Crippen MR) is 138 cm³/mol. The van der Waals surface area contributed by atoms with Crippen LogP contribution in [0, 0.1) is 0 Å². The first-order valence-corrected chi connectivity index (χ1v) is 14.8. The van der Waals surface area contributed by atoms with E-state index in [2.05, 4.69) is 44.2 Å². The summed E-state index contributed by atoms with van der Waals surface area (Å²) in [6.07, 6.45) is -2.49. The second-order valence-corrected chi connectivity index (χ2v) is 15.0. The highest BCUT2D eigenvalue weighted by molar-refractivity contribution is 6.74. The fourth-order valence-corrected chi connectivity index (χ4v) is 4.65. The van der Waals surface area contributed by atoms with Gasteiger partial charge in [0.1, 0.15) is 19.3 Å². The zero-order valence-corrected chi connectivity index (χ0v) is 22.4. The van der Waals surface area contributed by atoms with Crippen molar-refractivity contribution in [2.75, 3.05) is 0 Å². The lowest BCUT2D eigenvalue weighted by Crippen LogP contribution is -2.62. The lowest BCUT2D eigenvalue weighted by atomic mass is 10.1. The summed E-state index contributed by atoms with van der Waals surface area (Å²) in [6.45, 7) is 12.8. The number of nitrogens with one attached hydrogen (secondary N) is 1. The number of hydroxylamine groups is 2. The predicted octanol–water partition coefficient (Wildman–Crippen LogP) is 4.81. The van der Waals surface area contributed by atoms with Crippen LogP contribution < -0.4 is 5.32 Å². The Bertz CT molecular complexity index is 995. The molecular weight excluding hydrogens is 462 g/mol. The highest BCUT2D eigenvalue weighted by Crippen LogP contribution is 2.39. The maximum absolute atomic E-state index is 12.6. The Morgan fingerprint density at radius 2 is 1.57 bits per heavy atom. The molecule has 3 atom stereocenters. The molecule has 0 aromatic heterocycles. The van der Waals surface area contributed by atoms with E-state index in [0.717, 1.165) is 11.1 Å². The summed E-state index contributed by atoms with van der Waals surface area (Å²) in [6, 6.07) is 18.5. The molecule has 0 saturated carbocycles. The third-order valence-electron chi connectivity index (χ3n) is 6.42. The van der Waals surface area contributed by atoms with E-state index >= 15 is 0 Å². The average molecular weight is 500 g/mol. The van der Waals surface area contributed by atoms with Crippen LogP contribution in [-0.2, 0) is 27.2 Å². The van der Waals surface area contributed by atoms with E-state index in [1.54, 1.807) is 0 Å². The van der Waals surface area contributed by atoms with Gasteiger partial charge in [0.05, 0.1) is 6.04 Å². The third-order valence-corrected chi connectivity index (χ3v) is 10.9. The first kappa shape index (κ1) is 26.9. The Kier molecular flexibility index (Phi) is 8.71. The molecule has 0 radical (unpaired) electrons. The van der Waals surface area contributed by atoms with Crippen LogP contribution in [0.1, 0.15) is 38.8 Å². The van der Waals surface area contributed by atoms with Crippen molar-refractivity contribution < 1.29 is 23.9 Å². The number of hydrogen-bond donors (Lipinski definition) is 2. The second kappa shape index (κ2) is 11.3. The van der Waals surface area contributed by atoms with Gasteiger partial charge in [-0.15, -0.1) is 0 Å². The smallest absolute Gasteiger partial charge is 0.414 e. The van der Waals surface area contributed by atoms with Crippen LogP contribution in [0.2, 0.25) is 18.1 Å². The third kappa shape index (κ3) is 7.14. The van der Waals surface area contributed by atoms with Gasteiger partial charge in [-0.05, 0) is 36.2 Å². The quantitative estimate of drug-likeness (QED) is 0.531. The van der Waals surface area contributed by atoms with Gasteiger partial charge in [0.2, 0.25) is 5.96 Å². The Hall–Kier alpha value is -2.72. The van der Waals surface area contributed by atoms with Gasteiger partial charge in [-0.3, -0.25) is 10.2 Å². The topological polar surface area (TPSA) is 92.6 Å². The van der Waals surface area contributed by atoms with Gasteiger partial charge >= 0.3 is 6.09 Å². The molecule has 0 saturated heterocycles. The fraction of sp³-hybridized carbons (Fsp3) is 0.462. The molecule has 9 heteroatoms. The monoisotopic (exact) mass is 499 g/mol. The summed E-state index contributed by atoms with van der Waals surface area (Å²) in [5, 5.41) is 15.1. The van der Waals surface area contributed by atoms with Crippen molar-refractivity contribution in [2.24, 2.45) is 4.99 Å². The summed E-state index contributed by atoms with van der Waals surface area (Å²) in [5.41, 5.74) is 1.77. The van der Waals surface area contributed by atoms with Crippen LogP contribution in [-0.4, -0.2) is 48.9 Å². The molecule has 0 spiro atoms. The molecule has 2 aromatic rings. The molecule has 35 heavy (non-hydrogen) atoms. The van der Waals surface area contributed by atoms with Crippen molar-refractivity contribution in [1.29, 1.82) is 0 Å². The van der Waals surface area contributed by atoms with Gasteiger partial charge in [-0.25, -0.2) is 9.79 Å². The van der Waals surface area contributed by atoms with E-state index in [0.29, 0.717) is 0 Å². The van der Waals surface area contributed by atoms with Crippen LogP contribution >= 0.6 is 0 Å². The molecule has 0 fully saturated rings. The van der Waals surface area contributed by atoms with E-state index in [1.165, 1.54) is 5.06 Å². The van der Waals surface area contributed by atoms with Crippen LogP contribution in [0.4, 0.5) is 4.79 Å². The molecule has 0 bridgehead atoms. The second-order valence-electron chi connectivity index (χ2n) is 10.2. The van der Waals surface area contributed by atoms with Gasteiger partial charge in [0.15, 0.2) is 14.5 Å². The van der Waals surface area contributed by atoms with Crippen molar-refractivity contribution in [2.45, 2.75) is 77.4 Å². The normalized spacial score (nSPS) is 20.8. The van der Waals surface area contributed by atoms with Crippen molar-refractivity contribution in [3.05, 3.63) is 71.8 Å². The van der Waals surface area contributed by atoms with Gasteiger partial charge in [-0.2, -0.15) is 5.06 Å². The minimum absolute atomic E-state index is 0.0499. The number of aliphatic hydroxyl groups is 1. The number of carbonyl (C=O) groups is 1. The Balaban J connectivity index is 1.77. The van der Waals surface area contributed by atoms with Crippen molar-refractivity contribution in [3.8, 4) is 0 Å². The molecular formula is C26H37N3O5Si. The molecule has 1 aliphatic heterocycles. The number of hydrogen-bond acceptors (Lipinski definition) is 7. The molecule has 0 unspecified atom stereocenters. The number of rotatable bonds is 7. The zero-order valence-electron chi connectivity index (χ0n) is 21.4. The van der Waals surface area contributed by atoms with Crippen LogP contribution in [0.3, 0.4) is 0 Å². The fourth-order valence-electron chi connectivity index (χ4n) is 3.30. The Morgan fingerprint density at radius 3 is 2.11 bits per heavy atom. The number of ether oxygens (including phenoxy) is 1. The number of guanidine groups is 1. The summed E-state index contributed by atoms with van der Waals surface area (Å²) >= 11 is 0. The van der Waals surface area contributed by atoms with E-state index in [9.17, 15) is 9.90 Å². The lowest BCUT2D eigenvalue weighted by Gasteiger charge is -2.45. The first-order chi connectivity index (χ1) is 16.5. The Labute approximate surface area is 209 Å². The summed E-state index contributed by atoms with van der Waals surface area (Å²) in [4.78, 5) is 23.1. The molecule has 3 rings (SSSR count). The summed E-state index contributed by atoms with van der Waals surface area (Å²) < 4.78 is 11.9. The van der Waals surface area contributed by atoms with Crippen LogP contribution in [0.25, 0.3) is 0 Å². The highest BCUT2D eigenvalue weighted by Gasteiger charge is 2.46. The number of nitrogens with zero attached hydrogens (tertiary/aromatic N) is 2. The molecule has 0 aliphatic carbocycles. The maximum Gasteiger partial charge on any atom is 0.414 e. The molecule has 1 amide bonds. The van der Waals surface area contributed by atoms with Crippen molar-refractivity contribution in [1.82, 2.24) is 10.4 Å². The molecule has 2 N–H and O–H groups in total. The van der Waals surface area contributed by atoms with Crippen molar-refractivity contribution >= 4 is 20.4 Å². The van der Waals surface area contributed by atoms with Gasteiger partial charge in [-0.1, -0.05) is 81.4 Å². The minimum atomic E-state index is -2.22. The van der Waals surface area contributed by atoms with Gasteiger partial charge in [0, 0.05) is 0 Å². The number of aliphatic hydroxyl groups excluding tert-OH is 1. The maximum atomic E-state index is 12.6. The Morgan fingerprint density at radius 1 is 1.03 bits per heavy atom. The number of benzene rings is 2. The van der Waals surface area contributed by atoms with E-state index in [-0.39, 0.29) is 24.2 Å². The van der Waals surface area contributed by atoms with E-state index in [4.69, 9.17) is 14.0 Å². The van der Waals surface area contributed by atoms with Crippen LogP contribution in [0.15, 0.2) is 65.7 Å². The van der Waals surface area contributed by atoms with Crippen molar-refractivity contribution in [3.63, 3.8) is 0 Å². The first-order valence-electron chi connectivity index (χ1n) is 11.9. The van der Waals surface area contributed by atoms with Crippen LogP contribution in [0.5, 0.6) is 0 Å². The van der Waals surface area contributed by atoms with Gasteiger partial charge < -0.3 is 14.3 Å². The molecule has 190 valence electrons. The lowest BCUT2D eigenvalue weighted by molar-refractivity contribution is -0.230. The molecule has 8 nitrogen and oxygen atoms in total. The summed E-state index contributed by atoms with van der Waals surface area (Å²) in [5.74, 6) is 0.0778. The highest BCUT2D eigenvalue weighted by atomic mass is 28.4. The standard InChI is InChI=1S/C26H37N3O5Si/c1-19-22(34-35(5,6)26(2,3)4)23(30)29(33-18-21-15-11-8-12-16-21)24(27-19)28-25(31)32-17-20-13-9-7-10-14-20/h7-16,19,22-23,30H,17-18H2,1-6H3,(H,27,28,31)/t19-,22+,23-/m1/s1. The van der Waals surface area contributed by atoms with Gasteiger partial charge in [0.25, 0.3) is 0 Å². The van der Waals surface area contributed by atoms with E-state index < -0.39 is 32.8 Å². The summed E-state index contributed by atoms with van der Waals surface area (Å²) in [7, 11) is -2.22. The zero-order chi connectivity index (χ0) is 25.6. The molecule has 1 aliphatic rings. The largest absolute Gasteiger partial charge is 0.444 e. The molecule has 1 heterocycles. The number of aliphatic imine (C=N–C) groups is 1. The number of carbonyl (C=O) groups excluding carboxylic acids is 1. The average Bonchev–Trinajstić information content (AvgIpc) is 2.81. The number of amides is 1.